The number of carbonyl (C=O) groups is 1. The largest absolute Gasteiger partial charge is 0.459 e. The van der Waals surface area contributed by atoms with Gasteiger partial charge in [0, 0.05) is 12.1 Å². The van der Waals surface area contributed by atoms with Crippen molar-refractivity contribution in [3.05, 3.63) is 40.4 Å². The molecule has 1 aromatic rings. The fraction of sp³-hybridized carbons (Fsp3) is 0.231. The number of carbonyl (C=O) groups excluding carboxylic acids is 1. The predicted octanol–water partition coefficient (Wildman–Crippen LogP) is 2.44. The second kappa shape index (κ2) is 7.49. The lowest BCUT2D eigenvalue weighted by Gasteiger charge is -2.02. The lowest BCUT2D eigenvalue weighted by Crippen LogP contribution is -2.11. The van der Waals surface area contributed by atoms with Crippen LogP contribution in [0.2, 0.25) is 5.02 Å². The van der Waals surface area contributed by atoms with E-state index in [1.807, 2.05) is 0 Å². The SMILES string of the molecule is COCCOC(=O)/C(C#N)=C\c1ccc(Cl)cc1. The van der Waals surface area contributed by atoms with E-state index in [0.29, 0.717) is 17.2 Å². The molecule has 0 spiro atoms. The van der Waals surface area contributed by atoms with Crippen molar-refractivity contribution < 1.29 is 14.3 Å². The normalized spacial score (nSPS) is 10.8. The second-order valence-corrected chi connectivity index (χ2v) is 3.79. The summed E-state index contributed by atoms with van der Waals surface area (Å²) in [6.45, 7) is 0.417. The van der Waals surface area contributed by atoms with Crippen LogP contribution in [0.25, 0.3) is 6.08 Å². The van der Waals surface area contributed by atoms with Crippen LogP contribution in [0.15, 0.2) is 29.8 Å². The highest BCUT2D eigenvalue weighted by atomic mass is 35.5. The van der Waals surface area contributed by atoms with Crippen LogP contribution in [0.4, 0.5) is 0 Å². The molecular formula is C13H12ClNO3. The van der Waals surface area contributed by atoms with E-state index >= 15 is 0 Å². The number of esters is 1. The maximum atomic E-state index is 11.5. The van der Waals surface area contributed by atoms with Crippen molar-refractivity contribution in [3.63, 3.8) is 0 Å². The van der Waals surface area contributed by atoms with E-state index in [2.05, 4.69) is 0 Å². The average Bonchev–Trinajstić information content (AvgIpc) is 2.38. The summed E-state index contributed by atoms with van der Waals surface area (Å²) in [4.78, 5) is 11.5. The van der Waals surface area contributed by atoms with Gasteiger partial charge in [0.1, 0.15) is 18.2 Å². The monoisotopic (exact) mass is 265 g/mol. The topological polar surface area (TPSA) is 59.3 Å². The fourth-order valence-electron chi connectivity index (χ4n) is 1.16. The van der Waals surface area contributed by atoms with E-state index < -0.39 is 5.97 Å². The molecular weight excluding hydrogens is 254 g/mol. The Kier molecular flexibility index (Phi) is 5.92. The number of methoxy groups -OCH3 is 1. The van der Waals surface area contributed by atoms with Gasteiger partial charge in [-0.1, -0.05) is 23.7 Å². The first kappa shape index (κ1) is 14.2. The van der Waals surface area contributed by atoms with Crippen LogP contribution in [-0.4, -0.2) is 26.3 Å². The molecule has 94 valence electrons. The van der Waals surface area contributed by atoms with Crippen LogP contribution in [0.3, 0.4) is 0 Å². The van der Waals surface area contributed by atoms with Gasteiger partial charge >= 0.3 is 5.97 Å². The molecule has 0 unspecified atom stereocenters. The van der Waals surface area contributed by atoms with E-state index in [9.17, 15) is 4.79 Å². The zero-order valence-corrected chi connectivity index (χ0v) is 10.6. The Hall–Kier alpha value is -1.83. The van der Waals surface area contributed by atoms with Gasteiger partial charge in [-0.3, -0.25) is 0 Å². The van der Waals surface area contributed by atoms with Crippen molar-refractivity contribution in [2.45, 2.75) is 0 Å². The summed E-state index contributed by atoms with van der Waals surface area (Å²) in [5, 5.41) is 9.48. The van der Waals surface area contributed by atoms with Crippen molar-refractivity contribution in [2.24, 2.45) is 0 Å². The second-order valence-electron chi connectivity index (χ2n) is 3.35. The molecule has 0 bridgehead atoms. The van der Waals surface area contributed by atoms with E-state index in [1.165, 1.54) is 13.2 Å². The predicted molar refractivity (Wildman–Crippen MR) is 67.9 cm³/mol. The van der Waals surface area contributed by atoms with Gasteiger partial charge in [0.2, 0.25) is 0 Å². The highest BCUT2D eigenvalue weighted by molar-refractivity contribution is 6.30. The summed E-state index contributed by atoms with van der Waals surface area (Å²) in [6.07, 6.45) is 1.45. The molecule has 0 amide bonds. The Morgan fingerprint density at radius 2 is 2.06 bits per heavy atom. The van der Waals surface area contributed by atoms with Gasteiger partial charge in [0.15, 0.2) is 0 Å². The summed E-state index contributed by atoms with van der Waals surface area (Å²) >= 11 is 5.74. The van der Waals surface area contributed by atoms with E-state index in [0.717, 1.165) is 0 Å². The van der Waals surface area contributed by atoms with Gasteiger partial charge < -0.3 is 9.47 Å². The number of hydrogen-bond acceptors (Lipinski definition) is 4. The van der Waals surface area contributed by atoms with Gasteiger partial charge in [-0.15, -0.1) is 0 Å². The van der Waals surface area contributed by atoms with E-state index in [1.54, 1.807) is 30.3 Å². The Morgan fingerprint density at radius 3 is 2.61 bits per heavy atom. The molecule has 5 heteroatoms. The number of nitriles is 1. The van der Waals surface area contributed by atoms with E-state index in [4.69, 9.17) is 26.3 Å². The van der Waals surface area contributed by atoms with Crippen molar-refractivity contribution in [2.75, 3.05) is 20.3 Å². The number of rotatable bonds is 5. The Labute approximate surface area is 110 Å². The third-order valence-electron chi connectivity index (χ3n) is 2.04. The van der Waals surface area contributed by atoms with Crippen molar-refractivity contribution in [3.8, 4) is 6.07 Å². The van der Waals surface area contributed by atoms with Crippen LogP contribution in [0.5, 0.6) is 0 Å². The number of benzene rings is 1. The summed E-state index contributed by atoms with van der Waals surface area (Å²) in [6, 6.07) is 8.58. The minimum Gasteiger partial charge on any atom is -0.459 e. The molecule has 18 heavy (non-hydrogen) atoms. The third kappa shape index (κ3) is 4.58. The van der Waals surface area contributed by atoms with Gasteiger partial charge in [0.25, 0.3) is 0 Å². The maximum absolute atomic E-state index is 11.5. The maximum Gasteiger partial charge on any atom is 0.348 e. The highest BCUT2D eigenvalue weighted by Gasteiger charge is 2.10. The summed E-state index contributed by atoms with van der Waals surface area (Å²) in [5.41, 5.74) is 0.646. The first-order valence-electron chi connectivity index (χ1n) is 5.21. The number of halogens is 1. The zero-order chi connectivity index (χ0) is 13.4. The molecule has 1 aromatic carbocycles. The lowest BCUT2D eigenvalue weighted by molar-refractivity contribution is -0.139. The highest BCUT2D eigenvalue weighted by Crippen LogP contribution is 2.13. The Morgan fingerprint density at radius 1 is 1.39 bits per heavy atom. The summed E-state index contributed by atoms with van der Waals surface area (Å²) < 4.78 is 9.59. The van der Waals surface area contributed by atoms with Crippen LogP contribution in [-0.2, 0) is 14.3 Å². The average molecular weight is 266 g/mol. The van der Waals surface area contributed by atoms with Crippen LogP contribution in [0.1, 0.15) is 5.56 Å². The molecule has 0 heterocycles. The molecule has 0 radical (unpaired) electrons. The van der Waals surface area contributed by atoms with Gasteiger partial charge in [-0.05, 0) is 23.8 Å². The van der Waals surface area contributed by atoms with Crippen LogP contribution in [0, 0.1) is 11.3 Å². The molecule has 0 fully saturated rings. The van der Waals surface area contributed by atoms with Gasteiger partial charge in [-0.25, -0.2) is 4.79 Å². The standard InChI is InChI=1S/C13H12ClNO3/c1-17-6-7-18-13(16)11(9-15)8-10-2-4-12(14)5-3-10/h2-5,8H,6-7H2,1H3/b11-8-. The van der Waals surface area contributed by atoms with Crippen molar-refractivity contribution in [1.82, 2.24) is 0 Å². The van der Waals surface area contributed by atoms with Crippen molar-refractivity contribution >= 4 is 23.6 Å². The first-order valence-corrected chi connectivity index (χ1v) is 5.58. The molecule has 4 nitrogen and oxygen atoms in total. The molecule has 0 aliphatic rings. The molecule has 0 saturated carbocycles. The molecule has 0 N–H and O–H groups in total. The molecule has 0 aliphatic carbocycles. The molecule has 0 saturated heterocycles. The molecule has 0 aromatic heterocycles. The number of hydrogen-bond donors (Lipinski definition) is 0. The Bertz CT molecular complexity index is 474. The summed E-state index contributed by atoms with van der Waals surface area (Å²) in [5.74, 6) is -0.662. The quantitative estimate of drug-likeness (QED) is 0.355. The van der Waals surface area contributed by atoms with E-state index in [-0.39, 0.29) is 12.2 Å². The Balaban J connectivity index is 2.74. The smallest absolute Gasteiger partial charge is 0.348 e. The van der Waals surface area contributed by atoms with Crippen molar-refractivity contribution in [1.29, 1.82) is 5.26 Å². The first-order chi connectivity index (χ1) is 8.67. The third-order valence-corrected chi connectivity index (χ3v) is 2.29. The zero-order valence-electron chi connectivity index (χ0n) is 9.85. The molecule has 0 aliphatic heterocycles. The minimum absolute atomic E-state index is 0.0616. The molecule has 0 atom stereocenters. The fourth-order valence-corrected chi connectivity index (χ4v) is 1.28. The molecule has 1 rings (SSSR count). The van der Waals surface area contributed by atoms with Crippen LogP contribution < -0.4 is 0 Å². The minimum atomic E-state index is -0.662. The van der Waals surface area contributed by atoms with Crippen LogP contribution >= 0.6 is 11.6 Å². The van der Waals surface area contributed by atoms with Gasteiger partial charge in [0.05, 0.1) is 6.61 Å². The lowest BCUT2D eigenvalue weighted by atomic mass is 10.1. The van der Waals surface area contributed by atoms with Gasteiger partial charge in [-0.2, -0.15) is 5.26 Å². The number of nitrogens with zero attached hydrogens (tertiary/aromatic N) is 1. The summed E-state index contributed by atoms with van der Waals surface area (Å²) in [7, 11) is 1.50. The number of ether oxygens (including phenoxy) is 2.